The van der Waals surface area contributed by atoms with E-state index in [1.54, 1.807) is 18.3 Å². The molecule has 0 N–H and O–H groups in total. The van der Waals surface area contributed by atoms with Crippen molar-refractivity contribution in [3.05, 3.63) is 29.6 Å². The fraction of sp³-hybridized carbons (Fsp3) is 0.455. The third-order valence-corrected chi connectivity index (χ3v) is 1.77. The van der Waals surface area contributed by atoms with Crippen molar-refractivity contribution in [2.75, 3.05) is 6.61 Å². The van der Waals surface area contributed by atoms with Gasteiger partial charge in [-0.15, -0.1) is 0 Å². The van der Waals surface area contributed by atoms with E-state index in [0.29, 0.717) is 5.56 Å². The largest absolute Gasteiger partial charge is 0.371 e. The molecule has 0 unspecified atom stereocenters. The van der Waals surface area contributed by atoms with Crippen LogP contribution in [0.3, 0.4) is 0 Å². The van der Waals surface area contributed by atoms with E-state index in [9.17, 15) is 4.79 Å². The summed E-state index contributed by atoms with van der Waals surface area (Å²) in [5.74, 6) is 0.00389. The summed E-state index contributed by atoms with van der Waals surface area (Å²) in [6.07, 6.45) is 1.72. The Morgan fingerprint density at radius 2 is 2.29 bits per heavy atom. The molecule has 1 aromatic rings. The summed E-state index contributed by atoms with van der Waals surface area (Å²) >= 11 is 0. The number of carbonyl (C=O) groups excluding carboxylic acids is 1. The lowest BCUT2D eigenvalue weighted by molar-refractivity contribution is 0.0584. The number of nitrogens with zero attached hydrogens (tertiary/aromatic N) is 1. The minimum atomic E-state index is 0.00389. The third kappa shape index (κ3) is 3.26. The highest BCUT2D eigenvalue weighted by Gasteiger charge is 2.06. The number of carbonyl (C=O) groups is 1. The highest BCUT2D eigenvalue weighted by molar-refractivity contribution is 5.97. The maximum atomic E-state index is 11.5. The Morgan fingerprint density at radius 1 is 1.57 bits per heavy atom. The lowest BCUT2D eigenvalue weighted by Gasteiger charge is -2.06. The Morgan fingerprint density at radius 3 is 2.86 bits per heavy atom. The number of Topliss-reactive ketones (excluding diaryl/α,β-unsaturated/α-hetero) is 1. The summed E-state index contributed by atoms with van der Waals surface area (Å²) in [6, 6.07) is 3.48. The third-order valence-electron chi connectivity index (χ3n) is 1.77. The second-order valence-electron chi connectivity index (χ2n) is 3.47. The van der Waals surface area contributed by atoms with E-state index < -0.39 is 0 Å². The SMILES string of the molecule is Cc1cc(C(=O)COC(C)C)ccn1. The van der Waals surface area contributed by atoms with Crippen molar-refractivity contribution in [2.45, 2.75) is 26.9 Å². The average Bonchev–Trinajstić information content (AvgIpc) is 2.14. The second-order valence-corrected chi connectivity index (χ2v) is 3.47. The standard InChI is InChI=1S/C11H15NO2/c1-8(2)14-7-11(13)10-4-5-12-9(3)6-10/h4-6,8H,7H2,1-3H3. The molecule has 0 radical (unpaired) electrons. The smallest absolute Gasteiger partial charge is 0.188 e. The molecule has 3 heteroatoms. The van der Waals surface area contributed by atoms with Crippen LogP contribution in [-0.4, -0.2) is 23.5 Å². The van der Waals surface area contributed by atoms with Gasteiger partial charge in [0.1, 0.15) is 6.61 Å². The monoisotopic (exact) mass is 193 g/mol. The van der Waals surface area contributed by atoms with Gasteiger partial charge in [0.05, 0.1) is 6.10 Å². The van der Waals surface area contributed by atoms with Crippen LogP contribution in [0.4, 0.5) is 0 Å². The minimum absolute atomic E-state index is 0.00389. The molecule has 76 valence electrons. The van der Waals surface area contributed by atoms with Crippen LogP contribution < -0.4 is 0 Å². The van der Waals surface area contributed by atoms with Crippen LogP contribution in [0, 0.1) is 6.92 Å². The van der Waals surface area contributed by atoms with Crippen LogP contribution >= 0.6 is 0 Å². The highest BCUT2D eigenvalue weighted by Crippen LogP contribution is 2.03. The summed E-state index contributed by atoms with van der Waals surface area (Å²) < 4.78 is 5.23. The maximum Gasteiger partial charge on any atom is 0.188 e. The number of hydrogen-bond acceptors (Lipinski definition) is 3. The molecule has 0 aliphatic rings. The number of aryl methyl sites for hydroxylation is 1. The molecule has 0 aromatic carbocycles. The molecular weight excluding hydrogens is 178 g/mol. The first-order chi connectivity index (χ1) is 6.59. The Labute approximate surface area is 84.1 Å². The van der Waals surface area contributed by atoms with Gasteiger partial charge in [0.2, 0.25) is 0 Å². The molecule has 1 aromatic heterocycles. The first-order valence-electron chi connectivity index (χ1n) is 4.67. The van der Waals surface area contributed by atoms with Crippen LogP contribution in [0.1, 0.15) is 29.9 Å². The average molecular weight is 193 g/mol. The summed E-state index contributed by atoms with van der Waals surface area (Å²) in [4.78, 5) is 15.6. The van der Waals surface area contributed by atoms with Crippen LogP contribution in [-0.2, 0) is 4.74 Å². The molecule has 3 nitrogen and oxygen atoms in total. The zero-order valence-corrected chi connectivity index (χ0v) is 8.78. The number of ketones is 1. The van der Waals surface area contributed by atoms with Crippen molar-refractivity contribution in [1.29, 1.82) is 0 Å². The summed E-state index contributed by atoms with van der Waals surface area (Å²) in [7, 11) is 0. The Balaban J connectivity index is 2.61. The molecular formula is C11H15NO2. The second kappa shape index (κ2) is 4.86. The predicted molar refractivity (Wildman–Crippen MR) is 54.4 cm³/mol. The number of rotatable bonds is 4. The zero-order chi connectivity index (χ0) is 10.6. The molecule has 1 heterocycles. The molecule has 0 bridgehead atoms. The Kier molecular flexibility index (Phi) is 3.77. The molecule has 0 aliphatic heterocycles. The quantitative estimate of drug-likeness (QED) is 0.686. The maximum absolute atomic E-state index is 11.5. The number of pyridine rings is 1. The molecule has 0 atom stereocenters. The topological polar surface area (TPSA) is 39.2 Å². The van der Waals surface area contributed by atoms with Gasteiger partial charge in [-0.25, -0.2) is 0 Å². The summed E-state index contributed by atoms with van der Waals surface area (Å²) in [5, 5.41) is 0. The van der Waals surface area contributed by atoms with Gasteiger partial charge >= 0.3 is 0 Å². The summed E-state index contributed by atoms with van der Waals surface area (Å²) in [5.41, 5.74) is 1.51. The van der Waals surface area contributed by atoms with E-state index in [-0.39, 0.29) is 18.5 Å². The first-order valence-corrected chi connectivity index (χ1v) is 4.67. The molecule has 0 saturated heterocycles. The number of aromatic nitrogens is 1. The van der Waals surface area contributed by atoms with Crippen molar-refractivity contribution in [3.8, 4) is 0 Å². The van der Waals surface area contributed by atoms with Gasteiger partial charge in [-0.2, -0.15) is 0 Å². The fourth-order valence-corrected chi connectivity index (χ4v) is 1.04. The van der Waals surface area contributed by atoms with Gasteiger partial charge in [0.15, 0.2) is 5.78 Å². The van der Waals surface area contributed by atoms with Crippen LogP contribution in [0.15, 0.2) is 18.3 Å². The Hall–Kier alpha value is -1.22. The van der Waals surface area contributed by atoms with Crippen molar-refractivity contribution in [1.82, 2.24) is 4.98 Å². The molecule has 14 heavy (non-hydrogen) atoms. The summed E-state index contributed by atoms with van der Waals surface area (Å²) in [6.45, 7) is 5.82. The van der Waals surface area contributed by atoms with E-state index >= 15 is 0 Å². The zero-order valence-electron chi connectivity index (χ0n) is 8.78. The molecule has 1 rings (SSSR count). The predicted octanol–water partition coefficient (Wildman–Crippen LogP) is 2.00. The number of ether oxygens (including phenoxy) is 1. The van der Waals surface area contributed by atoms with Crippen LogP contribution in [0.5, 0.6) is 0 Å². The minimum Gasteiger partial charge on any atom is -0.371 e. The molecule has 0 fully saturated rings. The van der Waals surface area contributed by atoms with E-state index in [2.05, 4.69) is 4.98 Å². The molecule has 0 spiro atoms. The van der Waals surface area contributed by atoms with Gasteiger partial charge in [0, 0.05) is 17.5 Å². The Bertz CT molecular complexity index is 321. The van der Waals surface area contributed by atoms with Gasteiger partial charge in [-0.3, -0.25) is 9.78 Å². The van der Waals surface area contributed by atoms with E-state index in [1.165, 1.54) is 0 Å². The van der Waals surface area contributed by atoms with Gasteiger partial charge < -0.3 is 4.74 Å². The van der Waals surface area contributed by atoms with Crippen molar-refractivity contribution >= 4 is 5.78 Å². The van der Waals surface area contributed by atoms with E-state index in [1.807, 2.05) is 20.8 Å². The molecule has 0 aliphatic carbocycles. The van der Waals surface area contributed by atoms with Gasteiger partial charge in [-0.05, 0) is 32.9 Å². The van der Waals surface area contributed by atoms with Gasteiger partial charge in [-0.1, -0.05) is 0 Å². The lowest BCUT2D eigenvalue weighted by atomic mass is 10.1. The number of hydrogen-bond donors (Lipinski definition) is 0. The van der Waals surface area contributed by atoms with Crippen LogP contribution in [0.2, 0.25) is 0 Å². The molecule has 0 amide bonds. The highest BCUT2D eigenvalue weighted by atomic mass is 16.5. The normalized spacial score (nSPS) is 10.6. The van der Waals surface area contributed by atoms with E-state index in [0.717, 1.165) is 5.69 Å². The lowest BCUT2D eigenvalue weighted by Crippen LogP contribution is -2.13. The van der Waals surface area contributed by atoms with Crippen molar-refractivity contribution in [3.63, 3.8) is 0 Å². The van der Waals surface area contributed by atoms with Crippen molar-refractivity contribution < 1.29 is 9.53 Å². The van der Waals surface area contributed by atoms with Gasteiger partial charge in [0.25, 0.3) is 0 Å². The first kappa shape index (κ1) is 10.9. The fourth-order valence-electron chi connectivity index (χ4n) is 1.04. The van der Waals surface area contributed by atoms with Crippen molar-refractivity contribution in [2.24, 2.45) is 0 Å². The molecule has 0 saturated carbocycles. The van der Waals surface area contributed by atoms with E-state index in [4.69, 9.17) is 4.74 Å². The van der Waals surface area contributed by atoms with Crippen LogP contribution in [0.25, 0.3) is 0 Å².